The largest absolute Gasteiger partial charge is 0.310 e. The Morgan fingerprint density at radius 1 is 1.36 bits per heavy atom. The minimum atomic E-state index is 0.495. The first-order valence-corrected chi connectivity index (χ1v) is 6.13. The fraction of sp³-hybridized carbons (Fsp3) is 0.455. The highest BCUT2D eigenvalue weighted by Gasteiger charge is 2.14. The molecule has 3 heteroatoms. The smallest absolute Gasteiger partial charge is 0.0551 e. The number of hydrogen-bond donors (Lipinski definition) is 1. The zero-order valence-corrected chi connectivity index (χ0v) is 10.2. The molecule has 1 heterocycles. The summed E-state index contributed by atoms with van der Waals surface area (Å²) < 4.78 is 0.971. The van der Waals surface area contributed by atoms with E-state index in [0.29, 0.717) is 6.04 Å². The number of piperidine rings is 1. The first-order chi connectivity index (χ1) is 6.77. The third-order valence-corrected chi connectivity index (χ3v) is 3.89. The topological polar surface area (TPSA) is 12.0 Å². The SMILES string of the molecule is Clc1cc([C@H]2CCCCN2)ccc1Br. The molecule has 0 spiro atoms. The Morgan fingerprint density at radius 2 is 2.21 bits per heavy atom. The van der Waals surface area contributed by atoms with Crippen LogP contribution in [0.25, 0.3) is 0 Å². The van der Waals surface area contributed by atoms with Gasteiger partial charge in [-0.15, -0.1) is 0 Å². The second-order valence-electron chi connectivity index (χ2n) is 3.68. The predicted octanol–water partition coefficient (Wildman–Crippen LogP) is 3.92. The average Bonchev–Trinajstić information content (AvgIpc) is 2.23. The van der Waals surface area contributed by atoms with Crippen molar-refractivity contribution >= 4 is 27.5 Å². The summed E-state index contributed by atoms with van der Waals surface area (Å²) in [5, 5.41) is 4.31. The van der Waals surface area contributed by atoms with Crippen LogP contribution in [0.3, 0.4) is 0 Å². The molecule has 0 aromatic heterocycles. The average molecular weight is 275 g/mol. The summed E-state index contributed by atoms with van der Waals surface area (Å²) >= 11 is 9.46. The molecule has 1 saturated heterocycles. The summed E-state index contributed by atoms with van der Waals surface area (Å²) in [6.45, 7) is 1.12. The second kappa shape index (κ2) is 4.65. The molecule has 0 saturated carbocycles. The number of hydrogen-bond acceptors (Lipinski definition) is 1. The minimum absolute atomic E-state index is 0.495. The number of nitrogens with one attached hydrogen (secondary N) is 1. The molecule has 76 valence electrons. The van der Waals surface area contributed by atoms with Gasteiger partial charge in [-0.25, -0.2) is 0 Å². The fourth-order valence-corrected chi connectivity index (χ4v) is 2.30. The van der Waals surface area contributed by atoms with E-state index in [9.17, 15) is 0 Å². The lowest BCUT2D eigenvalue weighted by Gasteiger charge is -2.24. The third kappa shape index (κ3) is 2.30. The molecular weight excluding hydrogens is 261 g/mol. The standard InChI is InChI=1S/C11H13BrClN/c12-9-5-4-8(7-10(9)13)11-3-1-2-6-14-11/h4-5,7,11,14H,1-3,6H2/t11-/m1/s1. The Labute approximate surface area is 98.0 Å². The molecule has 1 aliphatic heterocycles. The maximum Gasteiger partial charge on any atom is 0.0551 e. The van der Waals surface area contributed by atoms with Crippen LogP contribution in [0.2, 0.25) is 5.02 Å². The maximum absolute atomic E-state index is 6.06. The molecule has 14 heavy (non-hydrogen) atoms. The summed E-state index contributed by atoms with van der Waals surface area (Å²) in [6, 6.07) is 6.70. The van der Waals surface area contributed by atoms with E-state index < -0.39 is 0 Å². The van der Waals surface area contributed by atoms with Crippen LogP contribution in [0.4, 0.5) is 0 Å². The molecule has 1 N–H and O–H groups in total. The Hall–Kier alpha value is -0.0500. The maximum atomic E-state index is 6.06. The van der Waals surface area contributed by atoms with Crippen LogP contribution >= 0.6 is 27.5 Å². The van der Waals surface area contributed by atoms with Gasteiger partial charge in [0.2, 0.25) is 0 Å². The molecule has 0 bridgehead atoms. The highest BCUT2D eigenvalue weighted by molar-refractivity contribution is 9.10. The molecule has 1 aromatic carbocycles. The van der Waals surface area contributed by atoms with Gasteiger partial charge in [0.05, 0.1) is 5.02 Å². The van der Waals surface area contributed by atoms with Gasteiger partial charge < -0.3 is 5.32 Å². The van der Waals surface area contributed by atoms with Gasteiger partial charge in [0.15, 0.2) is 0 Å². The first-order valence-electron chi connectivity index (χ1n) is 4.96. The predicted molar refractivity (Wildman–Crippen MR) is 63.7 cm³/mol. The molecular formula is C11H13BrClN. The molecule has 1 aromatic rings. The summed E-state index contributed by atoms with van der Waals surface area (Å²) in [4.78, 5) is 0. The van der Waals surface area contributed by atoms with Crippen LogP contribution in [-0.2, 0) is 0 Å². The van der Waals surface area contributed by atoms with Crippen molar-refractivity contribution < 1.29 is 0 Å². The summed E-state index contributed by atoms with van der Waals surface area (Å²) in [6.07, 6.45) is 3.82. The Morgan fingerprint density at radius 3 is 2.86 bits per heavy atom. The van der Waals surface area contributed by atoms with Crippen molar-refractivity contribution in [3.63, 3.8) is 0 Å². The van der Waals surface area contributed by atoms with E-state index in [1.165, 1.54) is 24.8 Å². The van der Waals surface area contributed by atoms with Gasteiger partial charge in [-0.05, 0) is 53.0 Å². The van der Waals surface area contributed by atoms with Gasteiger partial charge in [-0.2, -0.15) is 0 Å². The van der Waals surface area contributed by atoms with Crippen molar-refractivity contribution in [3.05, 3.63) is 33.3 Å². The first kappa shape index (κ1) is 10.5. The number of benzene rings is 1. The molecule has 2 rings (SSSR count). The van der Waals surface area contributed by atoms with Crippen LogP contribution in [0.5, 0.6) is 0 Å². The molecule has 1 fully saturated rings. The number of halogens is 2. The van der Waals surface area contributed by atoms with Gasteiger partial charge in [-0.3, -0.25) is 0 Å². The Kier molecular flexibility index (Phi) is 3.47. The van der Waals surface area contributed by atoms with Crippen LogP contribution in [0.15, 0.2) is 22.7 Å². The van der Waals surface area contributed by atoms with Crippen LogP contribution in [0.1, 0.15) is 30.9 Å². The monoisotopic (exact) mass is 273 g/mol. The van der Waals surface area contributed by atoms with E-state index in [0.717, 1.165) is 16.0 Å². The highest BCUT2D eigenvalue weighted by Crippen LogP contribution is 2.29. The zero-order valence-electron chi connectivity index (χ0n) is 7.89. The van der Waals surface area contributed by atoms with Crippen molar-refractivity contribution in [3.8, 4) is 0 Å². The van der Waals surface area contributed by atoms with Crippen LogP contribution < -0.4 is 5.32 Å². The van der Waals surface area contributed by atoms with Gasteiger partial charge in [-0.1, -0.05) is 24.1 Å². The van der Waals surface area contributed by atoms with E-state index >= 15 is 0 Å². The highest BCUT2D eigenvalue weighted by atomic mass is 79.9. The van der Waals surface area contributed by atoms with Crippen molar-refractivity contribution in [1.82, 2.24) is 5.32 Å². The zero-order chi connectivity index (χ0) is 9.97. The van der Waals surface area contributed by atoms with Gasteiger partial charge in [0.25, 0.3) is 0 Å². The van der Waals surface area contributed by atoms with Crippen molar-refractivity contribution in [2.75, 3.05) is 6.54 Å². The second-order valence-corrected chi connectivity index (χ2v) is 4.94. The minimum Gasteiger partial charge on any atom is -0.310 e. The Balaban J connectivity index is 2.18. The summed E-state index contributed by atoms with van der Waals surface area (Å²) in [5.74, 6) is 0. The molecule has 1 nitrogen and oxygen atoms in total. The molecule has 1 aliphatic rings. The van der Waals surface area contributed by atoms with E-state index in [2.05, 4.69) is 33.4 Å². The normalized spacial score (nSPS) is 22.3. The van der Waals surface area contributed by atoms with E-state index in [1.54, 1.807) is 0 Å². The molecule has 0 unspecified atom stereocenters. The van der Waals surface area contributed by atoms with E-state index in [4.69, 9.17) is 11.6 Å². The van der Waals surface area contributed by atoms with Gasteiger partial charge >= 0.3 is 0 Å². The van der Waals surface area contributed by atoms with Crippen molar-refractivity contribution in [2.45, 2.75) is 25.3 Å². The molecule has 0 radical (unpaired) electrons. The third-order valence-electron chi connectivity index (χ3n) is 2.66. The van der Waals surface area contributed by atoms with E-state index in [-0.39, 0.29) is 0 Å². The summed E-state index contributed by atoms with van der Waals surface area (Å²) in [5.41, 5.74) is 1.30. The van der Waals surface area contributed by atoms with E-state index in [1.807, 2.05) is 6.07 Å². The van der Waals surface area contributed by atoms with Crippen molar-refractivity contribution in [2.24, 2.45) is 0 Å². The van der Waals surface area contributed by atoms with Gasteiger partial charge in [0, 0.05) is 10.5 Å². The van der Waals surface area contributed by atoms with Crippen molar-refractivity contribution in [1.29, 1.82) is 0 Å². The molecule has 0 aliphatic carbocycles. The molecule has 1 atom stereocenters. The van der Waals surface area contributed by atoms with Gasteiger partial charge in [0.1, 0.15) is 0 Å². The molecule has 0 amide bonds. The number of rotatable bonds is 1. The quantitative estimate of drug-likeness (QED) is 0.818. The van der Waals surface area contributed by atoms with Crippen LogP contribution in [0, 0.1) is 0 Å². The summed E-state index contributed by atoms with van der Waals surface area (Å²) in [7, 11) is 0. The Bertz CT molecular complexity index is 321. The van der Waals surface area contributed by atoms with Crippen LogP contribution in [-0.4, -0.2) is 6.54 Å². The fourth-order valence-electron chi connectivity index (χ4n) is 1.87. The lowest BCUT2D eigenvalue weighted by molar-refractivity contribution is 0.412. The lowest BCUT2D eigenvalue weighted by atomic mass is 9.98. The lowest BCUT2D eigenvalue weighted by Crippen LogP contribution is -2.26.